The molecule has 2 N–H and O–H groups in total. The van der Waals surface area contributed by atoms with Crippen LogP contribution in [0.15, 0.2) is 18.2 Å². The lowest BCUT2D eigenvalue weighted by Crippen LogP contribution is -2.44. The molecule has 0 aliphatic carbocycles. The number of carbonyl (C=O) groups is 1. The SMILES string of the molecule is CC(C)[C@H](N)C(=O)N1Cc2ccc(F)cc2C1. The van der Waals surface area contributed by atoms with Crippen LogP contribution < -0.4 is 5.73 Å². The van der Waals surface area contributed by atoms with Crippen molar-refractivity contribution in [2.75, 3.05) is 0 Å². The van der Waals surface area contributed by atoms with Gasteiger partial charge in [-0.3, -0.25) is 4.79 Å². The molecule has 1 aliphatic rings. The average Bonchev–Trinajstić information content (AvgIpc) is 2.69. The van der Waals surface area contributed by atoms with E-state index in [4.69, 9.17) is 5.73 Å². The van der Waals surface area contributed by atoms with Crippen LogP contribution in [-0.2, 0) is 17.9 Å². The minimum Gasteiger partial charge on any atom is -0.333 e. The number of carbonyl (C=O) groups excluding carboxylic acids is 1. The molecular formula is C13H17FN2O. The average molecular weight is 236 g/mol. The summed E-state index contributed by atoms with van der Waals surface area (Å²) in [5, 5.41) is 0. The molecular weight excluding hydrogens is 219 g/mol. The lowest BCUT2D eigenvalue weighted by atomic mass is 10.0. The maximum atomic E-state index is 13.0. The maximum absolute atomic E-state index is 13.0. The van der Waals surface area contributed by atoms with Crippen molar-refractivity contribution in [2.24, 2.45) is 11.7 Å². The molecule has 1 heterocycles. The summed E-state index contributed by atoms with van der Waals surface area (Å²) in [5.41, 5.74) is 7.73. The van der Waals surface area contributed by atoms with Crippen molar-refractivity contribution in [3.63, 3.8) is 0 Å². The van der Waals surface area contributed by atoms with E-state index in [1.54, 1.807) is 11.0 Å². The van der Waals surface area contributed by atoms with Crippen LogP contribution in [0.1, 0.15) is 25.0 Å². The normalized spacial score (nSPS) is 16.2. The highest BCUT2D eigenvalue weighted by molar-refractivity contribution is 5.82. The molecule has 1 aromatic rings. The van der Waals surface area contributed by atoms with Gasteiger partial charge in [-0.15, -0.1) is 0 Å². The summed E-state index contributed by atoms with van der Waals surface area (Å²) in [7, 11) is 0. The second-order valence-corrected chi connectivity index (χ2v) is 4.88. The number of rotatable bonds is 2. The van der Waals surface area contributed by atoms with Crippen LogP contribution in [0.5, 0.6) is 0 Å². The quantitative estimate of drug-likeness (QED) is 0.848. The molecule has 92 valence electrons. The van der Waals surface area contributed by atoms with E-state index >= 15 is 0 Å². The minimum absolute atomic E-state index is 0.0587. The molecule has 1 aromatic carbocycles. The van der Waals surface area contributed by atoms with Crippen molar-refractivity contribution in [3.8, 4) is 0 Å². The number of amides is 1. The highest BCUT2D eigenvalue weighted by Crippen LogP contribution is 2.24. The van der Waals surface area contributed by atoms with Crippen molar-refractivity contribution in [1.82, 2.24) is 4.90 Å². The first-order valence-electron chi connectivity index (χ1n) is 5.80. The number of hydrogen-bond donors (Lipinski definition) is 1. The zero-order valence-corrected chi connectivity index (χ0v) is 10.1. The van der Waals surface area contributed by atoms with Gasteiger partial charge in [-0.2, -0.15) is 0 Å². The van der Waals surface area contributed by atoms with Gasteiger partial charge in [0.1, 0.15) is 5.82 Å². The molecule has 4 heteroatoms. The first-order chi connectivity index (χ1) is 7.99. The number of fused-ring (bicyclic) bond motifs is 1. The largest absolute Gasteiger partial charge is 0.333 e. The predicted octanol–water partition coefficient (Wildman–Crippen LogP) is 1.65. The second-order valence-electron chi connectivity index (χ2n) is 4.88. The number of benzene rings is 1. The zero-order chi connectivity index (χ0) is 12.6. The fraction of sp³-hybridized carbons (Fsp3) is 0.462. The van der Waals surface area contributed by atoms with E-state index in [1.165, 1.54) is 12.1 Å². The first-order valence-corrected chi connectivity index (χ1v) is 5.80. The Morgan fingerprint density at radius 2 is 2.00 bits per heavy atom. The summed E-state index contributed by atoms with van der Waals surface area (Å²) in [6.45, 7) is 4.85. The summed E-state index contributed by atoms with van der Waals surface area (Å²) < 4.78 is 13.0. The van der Waals surface area contributed by atoms with E-state index in [9.17, 15) is 9.18 Å². The molecule has 17 heavy (non-hydrogen) atoms. The highest BCUT2D eigenvalue weighted by Gasteiger charge is 2.28. The van der Waals surface area contributed by atoms with Crippen molar-refractivity contribution in [1.29, 1.82) is 0 Å². The molecule has 3 nitrogen and oxygen atoms in total. The monoisotopic (exact) mass is 236 g/mol. The van der Waals surface area contributed by atoms with Crippen molar-refractivity contribution < 1.29 is 9.18 Å². The highest BCUT2D eigenvalue weighted by atomic mass is 19.1. The van der Waals surface area contributed by atoms with Crippen molar-refractivity contribution >= 4 is 5.91 Å². The Bertz CT molecular complexity index is 445. The van der Waals surface area contributed by atoms with Gasteiger partial charge in [0.15, 0.2) is 0 Å². The minimum atomic E-state index is -0.478. The van der Waals surface area contributed by atoms with E-state index < -0.39 is 6.04 Å². The first kappa shape index (κ1) is 12.0. The Kier molecular flexibility index (Phi) is 3.15. The molecule has 1 aliphatic heterocycles. The van der Waals surface area contributed by atoms with Crippen LogP contribution in [0.3, 0.4) is 0 Å². The lowest BCUT2D eigenvalue weighted by Gasteiger charge is -2.22. The Balaban J connectivity index is 2.12. The van der Waals surface area contributed by atoms with Crippen LogP contribution in [-0.4, -0.2) is 16.8 Å². The fourth-order valence-electron chi connectivity index (χ4n) is 2.01. The van der Waals surface area contributed by atoms with E-state index in [-0.39, 0.29) is 17.6 Å². The van der Waals surface area contributed by atoms with Gasteiger partial charge in [-0.1, -0.05) is 19.9 Å². The van der Waals surface area contributed by atoms with E-state index in [0.29, 0.717) is 13.1 Å². The molecule has 0 aromatic heterocycles. The van der Waals surface area contributed by atoms with Crippen LogP contribution in [0, 0.1) is 11.7 Å². The molecule has 1 atom stereocenters. The number of hydrogen-bond acceptors (Lipinski definition) is 2. The molecule has 1 amide bonds. The van der Waals surface area contributed by atoms with Crippen molar-refractivity contribution in [3.05, 3.63) is 35.1 Å². The predicted molar refractivity (Wildman–Crippen MR) is 63.5 cm³/mol. The topological polar surface area (TPSA) is 46.3 Å². The summed E-state index contributed by atoms with van der Waals surface area (Å²) in [5.74, 6) is -0.203. The molecule has 0 spiro atoms. The Morgan fingerprint density at radius 1 is 1.35 bits per heavy atom. The van der Waals surface area contributed by atoms with E-state index in [0.717, 1.165) is 11.1 Å². The smallest absolute Gasteiger partial charge is 0.240 e. The standard InChI is InChI=1S/C13H17FN2O/c1-8(2)12(15)13(17)16-6-9-3-4-11(14)5-10(9)7-16/h3-5,8,12H,6-7,15H2,1-2H3/t12-/m0/s1. The summed E-state index contributed by atoms with van der Waals surface area (Å²) in [6, 6.07) is 4.17. The molecule has 0 fully saturated rings. The van der Waals surface area contributed by atoms with Gasteiger partial charge in [0.05, 0.1) is 6.04 Å². The van der Waals surface area contributed by atoms with Crippen LogP contribution in [0.2, 0.25) is 0 Å². The molecule has 2 rings (SSSR count). The van der Waals surface area contributed by atoms with Crippen LogP contribution in [0.4, 0.5) is 4.39 Å². The van der Waals surface area contributed by atoms with Crippen LogP contribution >= 0.6 is 0 Å². The van der Waals surface area contributed by atoms with Crippen LogP contribution in [0.25, 0.3) is 0 Å². The zero-order valence-electron chi connectivity index (χ0n) is 10.1. The third-order valence-corrected chi connectivity index (χ3v) is 3.21. The van der Waals surface area contributed by atoms with Crippen molar-refractivity contribution in [2.45, 2.75) is 33.0 Å². The summed E-state index contributed by atoms with van der Waals surface area (Å²) >= 11 is 0. The molecule has 0 radical (unpaired) electrons. The number of nitrogens with zero attached hydrogens (tertiary/aromatic N) is 1. The lowest BCUT2D eigenvalue weighted by molar-refractivity contribution is -0.134. The second kappa shape index (κ2) is 4.45. The van der Waals surface area contributed by atoms with Gasteiger partial charge in [0, 0.05) is 13.1 Å². The van der Waals surface area contributed by atoms with Gasteiger partial charge >= 0.3 is 0 Å². The Hall–Kier alpha value is -1.42. The summed E-state index contributed by atoms with van der Waals surface area (Å²) in [6.07, 6.45) is 0. The summed E-state index contributed by atoms with van der Waals surface area (Å²) in [4.78, 5) is 13.7. The molecule has 0 saturated heterocycles. The van der Waals surface area contributed by atoms with E-state index in [1.807, 2.05) is 13.8 Å². The maximum Gasteiger partial charge on any atom is 0.240 e. The van der Waals surface area contributed by atoms with Gasteiger partial charge < -0.3 is 10.6 Å². The van der Waals surface area contributed by atoms with Gasteiger partial charge in [0.2, 0.25) is 5.91 Å². The molecule has 0 saturated carbocycles. The third-order valence-electron chi connectivity index (χ3n) is 3.21. The molecule has 0 unspecified atom stereocenters. The van der Waals surface area contributed by atoms with Gasteiger partial charge in [0.25, 0.3) is 0 Å². The van der Waals surface area contributed by atoms with E-state index in [2.05, 4.69) is 0 Å². The van der Waals surface area contributed by atoms with Gasteiger partial charge in [-0.05, 0) is 29.2 Å². The number of nitrogens with two attached hydrogens (primary N) is 1. The van der Waals surface area contributed by atoms with Gasteiger partial charge in [-0.25, -0.2) is 4.39 Å². The Labute approximate surface area is 100 Å². The Morgan fingerprint density at radius 3 is 2.65 bits per heavy atom. The fourth-order valence-corrected chi connectivity index (χ4v) is 2.01. The third kappa shape index (κ3) is 2.31. The number of halogens is 1. The molecule has 0 bridgehead atoms.